The van der Waals surface area contributed by atoms with Crippen molar-refractivity contribution in [2.75, 3.05) is 10.7 Å². The fraction of sp³-hybridized carbons (Fsp3) is 0.273. The summed E-state index contributed by atoms with van der Waals surface area (Å²) in [5.74, 6) is 6.68. The quantitative estimate of drug-likeness (QED) is 0.548. The van der Waals surface area contributed by atoms with Crippen molar-refractivity contribution >= 4 is 17.3 Å². The number of nitrogens with two attached hydrogens (primary N) is 1. The van der Waals surface area contributed by atoms with Gasteiger partial charge < -0.3 is 10.7 Å². The summed E-state index contributed by atoms with van der Waals surface area (Å²) in [6.07, 6.45) is 2.81. The minimum absolute atomic E-state index is 0.622. The minimum atomic E-state index is 0.622. The van der Waals surface area contributed by atoms with Gasteiger partial charge in [-0.05, 0) is 18.6 Å². The van der Waals surface area contributed by atoms with Crippen LogP contribution in [0.15, 0.2) is 24.4 Å². The summed E-state index contributed by atoms with van der Waals surface area (Å²) in [5.41, 5.74) is 4.50. The van der Waals surface area contributed by atoms with E-state index in [1.54, 1.807) is 10.7 Å². The number of nitrogens with zero attached hydrogens (tertiary/aromatic N) is 3. The smallest absolute Gasteiger partial charge is 0.142 e. The van der Waals surface area contributed by atoms with Gasteiger partial charge in [-0.1, -0.05) is 13.0 Å². The zero-order valence-corrected chi connectivity index (χ0v) is 9.94. The second-order valence-corrected chi connectivity index (χ2v) is 3.69. The first-order chi connectivity index (χ1) is 8.22. The molecule has 0 spiro atoms. The van der Waals surface area contributed by atoms with E-state index in [9.17, 15) is 0 Å². The van der Waals surface area contributed by atoms with Gasteiger partial charge in [0.25, 0.3) is 0 Å². The first-order valence-electron chi connectivity index (χ1n) is 5.46. The maximum absolute atomic E-state index is 5.32. The normalized spacial score (nSPS) is 10.3. The van der Waals surface area contributed by atoms with Crippen LogP contribution < -0.4 is 16.6 Å². The van der Waals surface area contributed by atoms with E-state index < -0.39 is 0 Å². The summed E-state index contributed by atoms with van der Waals surface area (Å²) in [4.78, 5) is 4.29. The molecule has 0 saturated carbocycles. The number of hydrogen-bond donors (Lipinski definition) is 3. The van der Waals surface area contributed by atoms with Crippen molar-refractivity contribution in [3.8, 4) is 0 Å². The van der Waals surface area contributed by atoms with Crippen molar-refractivity contribution in [3.05, 3.63) is 30.1 Å². The summed E-state index contributed by atoms with van der Waals surface area (Å²) in [7, 11) is 1.90. The second kappa shape index (κ2) is 4.84. The summed E-state index contributed by atoms with van der Waals surface area (Å²) in [6.45, 7) is 2.07. The molecule has 2 rings (SSSR count). The third-order valence-corrected chi connectivity index (χ3v) is 2.40. The van der Waals surface area contributed by atoms with Crippen LogP contribution in [-0.4, -0.2) is 14.8 Å². The van der Waals surface area contributed by atoms with Gasteiger partial charge in [-0.2, -0.15) is 5.10 Å². The average Bonchev–Trinajstić information content (AvgIpc) is 2.69. The van der Waals surface area contributed by atoms with E-state index >= 15 is 0 Å². The van der Waals surface area contributed by atoms with Crippen molar-refractivity contribution in [2.45, 2.75) is 13.3 Å². The lowest BCUT2D eigenvalue weighted by molar-refractivity contribution is 0.746. The number of pyridine rings is 1. The van der Waals surface area contributed by atoms with Gasteiger partial charge in [-0.15, -0.1) is 0 Å². The summed E-state index contributed by atoms with van der Waals surface area (Å²) >= 11 is 0. The zero-order valence-electron chi connectivity index (χ0n) is 9.94. The largest absolute Gasteiger partial charge is 0.337 e. The van der Waals surface area contributed by atoms with E-state index in [0.29, 0.717) is 5.82 Å². The molecule has 0 bridgehead atoms. The minimum Gasteiger partial charge on any atom is -0.337 e. The van der Waals surface area contributed by atoms with Crippen molar-refractivity contribution in [1.29, 1.82) is 0 Å². The molecule has 0 atom stereocenters. The van der Waals surface area contributed by atoms with Gasteiger partial charge in [-0.3, -0.25) is 4.68 Å². The topological polar surface area (TPSA) is 80.8 Å². The molecule has 90 valence electrons. The SMILES string of the molecule is CCc1nn(C)cc1Nc1cccc(NN)n1. The maximum Gasteiger partial charge on any atom is 0.142 e. The highest BCUT2D eigenvalue weighted by atomic mass is 15.3. The van der Waals surface area contributed by atoms with E-state index in [2.05, 4.69) is 27.7 Å². The Morgan fingerprint density at radius 2 is 2.12 bits per heavy atom. The number of hydrazine groups is 1. The van der Waals surface area contributed by atoms with Crippen LogP contribution in [0, 0.1) is 0 Å². The number of nitrogen functional groups attached to an aromatic ring is 1. The molecule has 0 aliphatic rings. The van der Waals surface area contributed by atoms with Gasteiger partial charge in [0.2, 0.25) is 0 Å². The van der Waals surface area contributed by atoms with Gasteiger partial charge in [0.05, 0.1) is 11.4 Å². The Kier molecular flexibility index (Phi) is 3.24. The first-order valence-corrected chi connectivity index (χ1v) is 5.46. The molecule has 17 heavy (non-hydrogen) atoms. The Balaban J connectivity index is 2.24. The van der Waals surface area contributed by atoms with Crippen molar-refractivity contribution < 1.29 is 0 Å². The van der Waals surface area contributed by atoms with Crippen molar-refractivity contribution in [1.82, 2.24) is 14.8 Å². The van der Waals surface area contributed by atoms with E-state index in [0.717, 1.165) is 23.6 Å². The molecule has 6 heteroatoms. The first kappa shape index (κ1) is 11.4. The number of aromatic nitrogens is 3. The van der Waals surface area contributed by atoms with Gasteiger partial charge in [-0.25, -0.2) is 10.8 Å². The number of aryl methyl sites for hydroxylation is 2. The average molecular weight is 232 g/mol. The Bertz CT molecular complexity index is 504. The Hall–Kier alpha value is -2.08. The molecule has 0 radical (unpaired) electrons. The third-order valence-electron chi connectivity index (χ3n) is 2.40. The summed E-state index contributed by atoms with van der Waals surface area (Å²) < 4.78 is 1.78. The van der Waals surface area contributed by atoms with Gasteiger partial charge in [0, 0.05) is 13.2 Å². The van der Waals surface area contributed by atoms with Crippen LogP contribution in [0.25, 0.3) is 0 Å². The second-order valence-electron chi connectivity index (χ2n) is 3.69. The molecule has 0 aromatic carbocycles. The number of anilines is 3. The van der Waals surface area contributed by atoms with Crippen LogP contribution in [0.2, 0.25) is 0 Å². The van der Waals surface area contributed by atoms with Crippen LogP contribution in [0.3, 0.4) is 0 Å². The van der Waals surface area contributed by atoms with Crippen molar-refractivity contribution in [2.24, 2.45) is 12.9 Å². The highest BCUT2D eigenvalue weighted by Crippen LogP contribution is 2.19. The standard InChI is InChI=1S/C11H16N6/c1-3-8-9(7-17(2)16-8)13-10-5-4-6-11(14-10)15-12/h4-7H,3,12H2,1-2H3,(H2,13,14,15). The lowest BCUT2D eigenvalue weighted by Crippen LogP contribution is -2.09. The predicted molar refractivity (Wildman–Crippen MR) is 67.9 cm³/mol. The predicted octanol–water partition coefficient (Wildman–Crippen LogP) is 1.41. The Morgan fingerprint density at radius 1 is 1.35 bits per heavy atom. The van der Waals surface area contributed by atoms with Crippen LogP contribution in [0.4, 0.5) is 17.3 Å². The lowest BCUT2D eigenvalue weighted by atomic mass is 10.3. The molecule has 2 heterocycles. The van der Waals surface area contributed by atoms with Crippen LogP contribution in [0.5, 0.6) is 0 Å². The highest BCUT2D eigenvalue weighted by Gasteiger charge is 2.06. The van der Waals surface area contributed by atoms with Crippen LogP contribution >= 0.6 is 0 Å². The molecule has 6 nitrogen and oxygen atoms in total. The van der Waals surface area contributed by atoms with E-state index in [4.69, 9.17) is 5.84 Å². The molecule has 0 aliphatic heterocycles. The van der Waals surface area contributed by atoms with Crippen molar-refractivity contribution in [3.63, 3.8) is 0 Å². The summed E-state index contributed by atoms with van der Waals surface area (Å²) in [5, 5.41) is 7.58. The molecular formula is C11H16N6. The fourth-order valence-electron chi connectivity index (χ4n) is 1.62. The molecule has 2 aromatic rings. The maximum atomic E-state index is 5.32. The monoisotopic (exact) mass is 232 g/mol. The Labute approximate surface area is 99.8 Å². The molecule has 0 amide bonds. The van der Waals surface area contributed by atoms with Gasteiger partial charge in [0.15, 0.2) is 0 Å². The molecule has 2 aromatic heterocycles. The van der Waals surface area contributed by atoms with Crippen LogP contribution in [0.1, 0.15) is 12.6 Å². The van der Waals surface area contributed by atoms with Gasteiger partial charge in [0.1, 0.15) is 11.6 Å². The number of rotatable bonds is 4. The molecule has 0 aliphatic carbocycles. The number of hydrogen-bond acceptors (Lipinski definition) is 5. The molecular weight excluding hydrogens is 216 g/mol. The fourth-order valence-corrected chi connectivity index (χ4v) is 1.62. The highest BCUT2D eigenvalue weighted by molar-refractivity contribution is 5.59. The molecule has 4 N–H and O–H groups in total. The van der Waals surface area contributed by atoms with Crippen LogP contribution in [-0.2, 0) is 13.5 Å². The molecule has 0 saturated heterocycles. The molecule has 0 unspecified atom stereocenters. The lowest BCUT2D eigenvalue weighted by Gasteiger charge is -2.06. The summed E-state index contributed by atoms with van der Waals surface area (Å²) in [6, 6.07) is 5.56. The van der Waals surface area contributed by atoms with E-state index in [-0.39, 0.29) is 0 Å². The van der Waals surface area contributed by atoms with Gasteiger partial charge >= 0.3 is 0 Å². The number of nitrogens with one attached hydrogen (secondary N) is 2. The van der Waals surface area contributed by atoms with E-state index in [1.807, 2.05) is 25.4 Å². The third kappa shape index (κ3) is 2.54. The van der Waals surface area contributed by atoms with E-state index in [1.165, 1.54) is 0 Å². The molecule has 0 fully saturated rings. The Morgan fingerprint density at radius 3 is 2.82 bits per heavy atom. The zero-order chi connectivity index (χ0) is 12.3.